The van der Waals surface area contributed by atoms with Crippen LogP contribution in [0.2, 0.25) is 0 Å². The fraction of sp³-hybridized carbons (Fsp3) is 0.211. The summed E-state index contributed by atoms with van der Waals surface area (Å²) < 4.78 is 6.86. The molecule has 4 rings (SSSR count). The molecule has 3 aromatic rings. The second kappa shape index (κ2) is 6.51. The molecule has 26 heavy (non-hydrogen) atoms. The number of aromatic nitrogens is 2. The monoisotopic (exact) mass is 350 g/mol. The van der Waals surface area contributed by atoms with E-state index in [1.807, 2.05) is 35.9 Å². The Morgan fingerprint density at radius 3 is 2.77 bits per heavy atom. The first-order chi connectivity index (χ1) is 12.6. The normalized spacial score (nSPS) is 13.9. The van der Waals surface area contributed by atoms with E-state index in [-0.39, 0.29) is 12.0 Å². The summed E-state index contributed by atoms with van der Waals surface area (Å²) in [6.07, 6.45) is 3.48. The number of nitrogens with zero attached hydrogens (tertiary/aromatic N) is 3. The fourth-order valence-corrected chi connectivity index (χ4v) is 2.98. The third-order valence-electron chi connectivity index (χ3n) is 4.36. The SMILES string of the molecule is Cc1cccn2cc(CNC(=O)c3ccc(N4CCOC4=O)cc3)nc12. The molecule has 0 spiro atoms. The van der Waals surface area contributed by atoms with Crippen molar-refractivity contribution >= 4 is 23.3 Å². The Hall–Kier alpha value is -3.35. The van der Waals surface area contributed by atoms with Gasteiger partial charge in [0.2, 0.25) is 0 Å². The molecular formula is C19H18N4O3. The number of amides is 2. The quantitative estimate of drug-likeness (QED) is 0.784. The molecule has 1 aliphatic heterocycles. The largest absolute Gasteiger partial charge is 0.447 e. The maximum absolute atomic E-state index is 12.3. The van der Waals surface area contributed by atoms with Gasteiger partial charge in [-0.15, -0.1) is 0 Å². The van der Waals surface area contributed by atoms with Crippen LogP contribution in [0, 0.1) is 6.92 Å². The zero-order chi connectivity index (χ0) is 18.1. The van der Waals surface area contributed by atoms with Crippen molar-refractivity contribution < 1.29 is 14.3 Å². The van der Waals surface area contributed by atoms with Gasteiger partial charge >= 0.3 is 6.09 Å². The number of carbonyl (C=O) groups excluding carboxylic acids is 2. The van der Waals surface area contributed by atoms with Gasteiger partial charge in [0.1, 0.15) is 12.3 Å². The van der Waals surface area contributed by atoms with Gasteiger partial charge < -0.3 is 14.5 Å². The minimum Gasteiger partial charge on any atom is -0.447 e. The summed E-state index contributed by atoms with van der Waals surface area (Å²) in [4.78, 5) is 30.0. The number of anilines is 1. The van der Waals surface area contributed by atoms with Gasteiger partial charge in [0.25, 0.3) is 5.91 Å². The number of imidazole rings is 1. The van der Waals surface area contributed by atoms with Crippen molar-refractivity contribution in [3.05, 3.63) is 65.6 Å². The van der Waals surface area contributed by atoms with Crippen LogP contribution in [0.25, 0.3) is 5.65 Å². The standard InChI is InChI=1S/C19H18N4O3/c1-13-3-2-8-22-12-15(21-17(13)22)11-20-18(24)14-4-6-16(7-5-14)23-9-10-26-19(23)25/h2-8,12H,9-11H2,1H3,(H,20,24). The van der Waals surface area contributed by atoms with Crippen LogP contribution >= 0.6 is 0 Å². The predicted octanol–water partition coefficient (Wildman–Crippen LogP) is 2.53. The van der Waals surface area contributed by atoms with Crippen LogP contribution in [0.4, 0.5) is 10.5 Å². The first-order valence-electron chi connectivity index (χ1n) is 8.37. The zero-order valence-corrected chi connectivity index (χ0v) is 14.3. The highest BCUT2D eigenvalue weighted by Gasteiger charge is 2.23. The molecule has 0 bridgehead atoms. The van der Waals surface area contributed by atoms with Crippen LogP contribution in [-0.2, 0) is 11.3 Å². The molecule has 1 aliphatic rings. The predicted molar refractivity (Wildman–Crippen MR) is 96.2 cm³/mol. The number of hydrogen-bond acceptors (Lipinski definition) is 4. The molecular weight excluding hydrogens is 332 g/mol. The van der Waals surface area contributed by atoms with Crippen molar-refractivity contribution in [3.8, 4) is 0 Å². The Labute approximate surface area is 150 Å². The molecule has 0 saturated carbocycles. The molecule has 3 heterocycles. The van der Waals surface area contributed by atoms with E-state index in [4.69, 9.17) is 4.74 Å². The van der Waals surface area contributed by atoms with Gasteiger partial charge in [0.15, 0.2) is 0 Å². The summed E-state index contributed by atoms with van der Waals surface area (Å²) >= 11 is 0. The molecule has 0 atom stereocenters. The maximum atomic E-state index is 12.3. The molecule has 1 aromatic carbocycles. The van der Waals surface area contributed by atoms with Crippen LogP contribution < -0.4 is 10.2 Å². The van der Waals surface area contributed by atoms with E-state index in [0.29, 0.717) is 25.3 Å². The number of rotatable bonds is 4. The smallest absolute Gasteiger partial charge is 0.414 e. The van der Waals surface area contributed by atoms with Crippen molar-refractivity contribution in [3.63, 3.8) is 0 Å². The minimum absolute atomic E-state index is 0.186. The number of carbonyl (C=O) groups is 2. The number of hydrogen-bond donors (Lipinski definition) is 1. The van der Waals surface area contributed by atoms with Crippen molar-refractivity contribution in [1.29, 1.82) is 0 Å². The zero-order valence-electron chi connectivity index (χ0n) is 14.3. The minimum atomic E-state index is -0.357. The Morgan fingerprint density at radius 1 is 1.27 bits per heavy atom. The van der Waals surface area contributed by atoms with Crippen molar-refractivity contribution in [1.82, 2.24) is 14.7 Å². The van der Waals surface area contributed by atoms with E-state index in [9.17, 15) is 9.59 Å². The number of fused-ring (bicyclic) bond motifs is 1. The van der Waals surface area contributed by atoms with Crippen LogP contribution in [0.1, 0.15) is 21.6 Å². The topological polar surface area (TPSA) is 75.9 Å². The van der Waals surface area contributed by atoms with Crippen LogP contribution in [0.5, 0.6) is 0 Å². The van der Waals surface area contributed by atoms with Gasteiger partial charge in [-0.25, -0.2) is 9.78 Å². The summed E-state index contributed by atoms with van der Waals surface area (Å²) in [5.74, 6) is -0.186. The molecule has 2 amide bonds. The van der Waals surface area contributed by atoms with E-state index >= 15 is 0 Å². The molecule has 7 heteroatoms. The van der Waals surface area contributed by atoms with E-state index in [1.165, 1.54) is 0 Å². The van der Waals surface area contributed by atoms with Crippen molar-refractivity contribution in [2.45, 2.75) is 13.5 Å². The van der Waals surface area contributed by atoms with Gasteiger partial charge in [-0.05, 0) is 42.8 Å². The molecule has 1 N–H and O–H groups in total. The molecule has 1 fully saturated rings. The number of cyclic esters (lactones) is 1. The summed E-state index contributed by atoms with van der Waals surface area (Å²) in [6.45, 7) is 3.26. The van der Waals surface area contributed by atoms with Crippen LogP contribution in [0.15, 0.2) is 48.8 Å². The second-order valence-corrected chi connectivity index (χ2v) is 6.15. The van der Waals surface area contributed by atoms with Gasteiger partial charge in [-0.1, -0.05) is 6.07 Å². The summed E-state index contributed by atoms with van der Waals surface area (Å²) in [5, 5.41) is 2.87. The van der Waals surface area contributed by atoms with Crippen molar-refractivity contribution in [2.75, 3.05) is 18.1 Å². The van der Waals surface area contributed by atoms with E-state index in [1.54, 1.807) is 29.2 Å². The lowest BCUT2D eigenvalue weighted by atomic mass is 10.2. The highest BCUT2D eigenvalue weighted by atomic mass is 16.6. The summed E-state index contributed by atoms with van der Waals surface area (Å²) in [6, 6.07) is 10.9. The Kier molecular flexibility index (Phi) is 4.04. The van der Waals surface area contributed by atoms with Crippen molar-refractivity contribution in [2.24, 2.45) is 0 Å². The number of benzene rings is 1. The summed E-state index contributed by atoms with van der Waals surface area (Å²) in [7, 11) is 0. The third-order valence-corrected chi connectivity index (χ3v) is 4.36. The van der Waals surface area contributed by atoms with Gasteiger partial charge in [0.05, 0.1) is 18.8 Å². The highest BCUT2D eigenvalue weighted by Crippen LogP contribution is 2.19. The highest BCUT2D eigenvalue weighted by molar-refractivity contribution is 5.95. The number of nitrogens with one attached hydrogen (secondary N) is 1. The molecule has 7 nitrogen and oxygen atoms in total. The molecule has 0 unspecified atom stereocenters. The maximum Gasteiger partial charge on any atom is 0.414 e. The molecule has 2 aromatic heterocycles. The van der Waals surface area contributed by atoms with Crippen LogP contribution in [0.3, 0.4) is 0 Å². The molecule has 0 aliphatic carbocycles. The van der Waals surface area contributed by atoms with Crippen LogP contribution in [-0.4, -0.2) is 34.5 Å². The molecule has 1 saturated heterocycles. The first-order valence-corrected chi connectivity index (χ1v) is 8.37. The van der Waals surface area contributed by atoms with Gasteiger partial charge in [-0.3, -0.25) is 9.69 Å². The average molecular weight is 350 g/mol. The Bertz CT molecular complexity index is 978. The Morgan fingerprint density at radius 2 is 2.08 bits per heavy atom. The number of aryl methyl sites for hydroxylation is 1. The fourth-order valence-electron chi connectivity index (χ4n) is 2.98. The van der Waals surface area contributed by atoms with Gasteiger partial charge in [-0.2, -0.15) is 0 Å². The molecule has 0 radical (unpaired) electrons. The second-order valence-electron chi connectivity index (χ2n) is 6.15. The van der Waals surface area contributed by atoms with E-state index < -0.39 is 0 Å². The first kappa shape index (κ1) is 16.1. The Balaban J connectivity index is 1.42. The lowest BCUT2D eigenvalue weighted by Crippen LogP contribution is -2.24. The van der Waals surface area contributed by atoms with E-state index in [2.05, 4.69) is 10.3 Å². The molecule has 132 valence electrons. The number of ether oxygens (including phenoxy) is 1. The summed E-state index contributed by atoms with van der Waals surface area (Å²) in [5.41, 5.74) is 4.02. The third kappa shape index (κ3) is 2.99. The number of pyridine rings is 1. The lowest BCUT2D eigenvalue weighted by molar-refractivity contribution is 0.0950. The average Bonchev–Trinajstić information content (AvgIpc) is 3.26. The van der Waals surface area contributed by atoms with E-state index in [0.717, 1.165) is 22.6 Å². The van der Waals surface area contributed by atoms with Gasteiger partial charge in [0, 0.05) is 23.6 Å². The lowest BCUT2D eigenvalue weighted by Gasteiger charge is -2.12.